The van der Waals surface area contributed by atoms with Crippen LogP contribution in [-0.2, 0) is 0 Å². The standard InChI is InChI=1S/C9H10N2O2S/c1-6(2)13-8-7(5-12)11-3-4-14-9(11)10-8/h3-6H,1-2H3. The fourth-order valence-electron chi connectivity index (χ4n) is 1.20. The van der Waals surface area contributed by atoms with Crippen molar-refractivity contribution >= 4 is 22.6 Å². The van der Waals surface area contributed by atoms with Gasteiger partial charge in [0.15, 0.2) is 16.9 Å². The molecule has 0 radical (unpaired) electrons. The second-order valence-corrected chi connectivity index (χ2v) is 4.02. The number of aromatic nitrogens is 2. The summed E-state index contributed by atoms with van der Waals surface area (Å²) in [5.41, 5.74) is 0.481. The van der Waals surface area contributed by atoms with Crippen molar-refractivity contribution in [2.45, 2.75) is 20.0 Å². The van der Waals surface area contributed by atoms with E-state index >= 15 is 0 Å². The molecule has 0 atom stereocenters. The summed E-state index contributed by atoms with van der Waals surface area (Å²) >= 11 is 1.48. The molecule has 5 heteroatoms. The van der Waals surface area contributed by atoms with Crippen molar-refractivity contribution in [1.82, 2.24) is 9.38 Å². The highest BCUT2D eigenvalue weighted by Crippen LogP contribution is 2.22. The minimum Gasteiger partial charge on any atom is -0.473 e. The Morgan fingerprint density at radius 3 is 3.07 bits per heavy atom. The Morgan fingerprint density at radius 2 is 2.43 bits per heavy atom. The summed E-state index contributed by atoms with van der Waals surface area (Å²) in [6, 6.07) is 0. The smallest absolute Gasteiger partial charge is 0.244 e. The van der Waals surface area contributed by atoms with Gasteiger partial charge in [0.1, 0.15) is 0 Å². The number of hydrogen-bond donors (Lipinski definition) is 0. The zero-order chi connectivity index (χ0) is 10.1. The van der Waals surface area contributed by atoms with Crippen LogP contribution in [0.1, 0.15) is 24.3 Å². The highest BCUT2D eigenvalue weighted by Gasteiger charge is 2.14. The van der Waals surface area contributed by atoms with E-state index in [2.05, 4.69) is 4.98 Å². The zero-order valence-corrected chi connectivity index (χ0v) is 8.75. The first-order chi connectivity index (χ1) is 6.72. The van der Waals surface area contributed by atoms with Gasteiger partial charge in [-0.25, -0.2) is 0 Å². The lowest BCUT2D eigenvalue weighted by Gasteiger charge is -2.05. The summed E-state index contributed by atoms with van der Waals surface area (Å²) in [5, 5.41) is 1.88. The lowest BCUT2D eigenvalue weighted by atomic mass is 10.4. The van der Waals surface area contributed by atoms with Gasteiger partial charge in [0.25, 0.3) is 0 Å². The molecule has 0 amide bonds. The van der Waals surface area contributed by atoms with Crippen molar-refractivity contribution in [1.29, 1.82) is 0 Å². The van der Waals surface area contributed by atoms with Crippen molar-refractivity contribution in [2.24, 2.45) is 0 Å². The van der Waals surface area contributed by atoms with E-state index in [1.54, 1.807) is 4.40 Å². The van der Waals surface area contributed by atoms with E-state index in [1.165, 1.54) is 11.3 Å². The van der Waals surface area contributed by atoms with Gasteiger partial charge in [-0.05, 0) is 13.8 Å². The molecule has 0 saturated heterocycles. The van der Waals surface area contributed by atoms with E-state index in [4.69, 9.17) is 4.74 Å². The third-order valence-corrected chi connectivity index (χ3v) is 2.48. The molecule has 0 bridgehead atoms. The Hall–Kier alpha value is -1.36. The number of imidazole rings is 1. The van der Waals surface area contributed by atoms with E-state index in [9.17, 15) is 4.79 Å². The van der Waals surface area contributed by atoms with Gasteiger partial charge in [0.2, 0.25) is 5.88 Å². The Labute approximate surface area is 85.1 Å². The number of fused-ring (bicyclic) bond motifs is 1. The van der Waals surface area contributed by atoms with Crippen molar-refractivity contribution < 1.29 is 9.53 Å². The average Bonchev–Trinajstić information content (AvgIpc) is 2.62. The van der Waals surface area contributed by atoms with Gasteiger partial charge in [0.05, 0.1) is 6.10 Å². The number of thiazole rings is 1. The van der Waals surface area contributed by atoms with E-state index in [0.29, 0.717) is 11.6 Å². The first kappa shape index (κ1) is 9.21. The third-order valence-electron chi connectivity index (χ3n) is 1.72. The molecule has 0 saturated carbocycles. The van der Waals surface area contributed by atoms with Crippen molar-refractivity contribution in [3.63, 3.8) is 0 Å². The SMILES string of the molecule is CC(C)Oc1nc2sccn2c1C=O. The van der Waals surface area contributed by atoms with Gasteiger partial charge in [-0.2, -0.15) is 4.98 Å². The van der Waals surface area contributed by atoms with E-state index in [0.717, 1.165) is 11.2 Å². The van der Waals surface area contributed by atoms with Crippen LogP contribution < -0.4 is 4.74 Å². The fraction of sp³-hybridized carbons (Fsp3) is 0.333. The summed E-state index contributed by atoms with van der Waals surface area (Å²) < 4.78 is 7.15. The third kappa shape index (κ3) is 1.39. The second-order valence-electron chi connectivity index (χ2n) is 3.14. The number of hydrogen-bond acceptors (Lipinski definition) is 4. The lowest BCUT2D eigenvalue weighted by Crippen LogP contribution is -2.07. The summed E-state index contributed by atoms with van der Waals surface area (Å²) in [6.45, 7) is 3.81. The van der Waals surface area contributed by atoms with E-state index in [1.807, 2.05) is 25.4 Å². The molecule has 2 aromatic rings. The lowest BCUT2D eigenvalue weighted by molar-refractivity contribution is 0.111. The van der Waals surface area contributed by atoms with E-state index < -0.39 is 0 Å². The zero-order valence-electron chi connectivity index (χ0n) is 7.93. The van der Waals surface area contributed by atoms with Gasteiger partial charge >= 0.3 is 0 Å². The van der Waals surface area contributed by atoms with Crippen LogP contribution in [0, 0.1) is 0 Å². The molecular weight excluding hydrogens is 200 g/mol. The molecule has 0 unspecified atom stereocenters. The van der Waals surface area contributed by atoms with Gasteiger partial charge in [0, 0.05) is 11.6 Å². The van der Waals surface area contributed by atoms with Crippen LogP contribution in [0.2, 0.25) is 0 Å². The number of rotatable bonds is 3. The minimum atomic E-state index is 0.0262. The number of carbonyl (C=O) groups is 1. The number of nitrogens with zero attached hydrogens (tertiary/aromatic N) is 2. The van der Waals surface area contributed by atoms with Crippen molar-refractivity contribution in [3.05, 3.63) is 17.3 Å². The Morgan fingerprint density at radius 1 is 1.64 bits per heavy atom. The maximum atomic E-state index is 10.8. The first-order valence-electron chi connectivity index (χ1n) is 4.29. The number of aldehydes is 1. The quantitative estimate of drug-likeness (QED) is 0.728. The topological polar surface area (TPSA) is 43.6 Å². The summed E-state index contributed by atoms with van der Waals surface area (Å²) in [7, 11) is 0. The summed E-state index contributed by atoms with van der Waals surface area (Å²) in [5.74, 6) is 0.418. The minimum absolute atomic E-state index is 0.0262. The molecule has 0 aliphatic heterocycles. The molecule has 0 aliphatic carbocycles. The molecule has 4 nitrogen and oxygen atoms in total. The Kier molecular flexibility index (Phi) is 2.25. The number of carbonyl (C=O) groups excluding carboxylic acids is 1. The van der Waals surface area contributed by atoms with Crippen LogP contribution in [0.25, 0.3) is 4.96 Å². The largest absolute Gasteiger partial charge is 0.473 e. The molecule has 0 fully saturated rings. The summed E-state index contributed by atoms with van der Waals surface area (Å²) in [6.07, 6.45) is 2.60. The van der Waals surface area contributed by atoms with Crippen LogP contribution in [0.15, 0.2) is 11.6 Å². The molecule has 74 valence electrons. The molecule has 0 spiro atoms. The molecular formula is C9H10N2O2S. The van der Waals surface area contributed by atoms with Crippen LogP contribution in [0.4, 0.5) is 0 Å². The predicted molar refractivity (Wildman–Crippen MR) is 54.2 cm³/mol. The van der Waals surface area contributed by atoms with Gasteiger partial charge < -0.3 is 4.74 Å². The first-order valence-corrected chi connectivity index (χ1v) is 5.17. The van der Waals surface area contributed by atoms with Gasteiger partial charge in [-0.3, -0.25) is 9.20 Å². The molecule has 0 N–H and O–H groups in total. The van der Waals surface area contributed by atoms with Crippen molar-refractivity contribution in [2.75, 3.05) is 0 Å². The highest BCUT2D eigenvalue weighted by atomic mass is 32.1. The van der Waals surface area contributed by atoms with Crippen LogP contribution >= 0.6 is 11.3 Å². The molecule has 0 aromatic carbocycles. The van der Waals surface area contributed by atoms with Gasteiger partial charge in [-0.15, -0.1) is 11.3 Å². The van der Waals surface area contributed by atoms with E-state index in [-0.39, 0.29) is 6.10 Å². The highest BCUT2D eigenvalue weighted by molar-refractivity contribution is 7.15. The fourth-order valence-corrected chi connectivity index (χ4v) is 1.91. The van der Waals surface area contributed by atoms with Crippen molar-refractivity contribution in [3.8, 4) is 5.88 Å². The summed E-state index contributed by atoms with van der Waals surface area (Å²) in [4.78, 5) is 15.8. The average molecular weight is 210 g/mol. The normalized spacial score (nSPS) is 11.1. The molecule has 2 aromatic heterocycles. The van der Waals surface area contributed by atoms with Crippen LogP contribution in [-0.4, -0.2) is 21.8 Å². The predicted octanol–water partition coefficient (Wildman–Crippen LogP) is 2.00. The Balaban J connectivity index is 2.52. The van der Waals surface area contributed by atoms with Gasteiger partial charge in [-0.1, -0.05) is 0 Å². The molecule has 2 rings (SSSR count). The maximum Gasteiger partial charge on any atom is 0.244 e. The maximum absolute atomic E-state index is 10.8. The van der Waals surface area contributed by atoms with Crippen LogP contribution in [0.5, 0.6) is 5.88 Å². The molecule has 14 heavy (non-hydrogen) atoms. The molecule has 0 aliphatic rings. The number of ether oxygens (including phenoxy) is 1. The second kappa shape index (κ2) is 3.42. The van der Waals surface area contributed by atoms with Crippen LogP contribution in [0.3, 0.4) is 0 Å². The monoisotopic (exact) mass is 210 g/mol. The Bertz CT molecular complexity index is 458. The molecule has 2 heterocycles.